The number of aliphatic imine (C=N–C) groups is 1. The van der Waals surface area contributed by atoms with Crippen LogP contribution >= 0.6 is 0 Å². The van der Waals surface area contributed by atoms with E-state index in [4.69, 9.17) is 10.1 Å². The number of fused-ring (bicyclic) bond motifs is 1. The molecule has 1 atom stereocenters. The van der Waals surface area contributed by atoms with Gasteiger partial charge >= 0.3 is 0 Å². The van der Waals surface area contributed by atoms with E-state index in [-0.39, 0.29) is 17.5 Å². The van der Waals surface area contributed by atoms with Crippen molar-refractivity contribution in [1.82, 2.24) is 15.1 Å². The topological polar surface area (TPSA) is 96.6 Å². The van der Waals surface area contributed by atoms with Crippen LogP contribution in [-0.2, 0) is 16.3 Å². The van der Waals surface area contributed by atoms with E-state index < -0.39 is 16.1 Å². The lowest BCUT2D eigenvalue weighted by Crippen LogP contribution is -2.26. The number of nitrogens with zero attached hydrogens (tertiary/aromatic N) is 3. The highest BCUT2D eigenvalue weighted by molar-refractivity contribution is 7.91. The Morgan fingerprint density at radius 2 is 1.93 bits per heavy atom. The molecule has 0 spiro atoms. The molecule has 2 aromatic rings. The predicted octanol–water partition coefficient (Wildman–Crippen LogP) is 1.91. The van der Waals surface area contributed by atoms with E-state index in [0.717, 1.165) is 17.0 Å². The average molecular weight is 388 g/mol. The van der Waals surface area contributed by atoms with Crippen LogP contribution in [0.3, 0.4) is 0 Å². The highest BCUT2D eigenvalue weighted by atomic mass is 32.2. The molecule has 2 aliphatic heterocycles. The third-order valence-corrected chi connectivity index (χ3v) is 7.00. The zero-order valence-corrected chi connectivity index (χ0v) is 16.1. The van der Waals surface area contributed by atoms with Crippen molar-refractivity contribution < 1.29 is 13.5 Å². The fourth-order valence-electron chi connectivity index (χ4n) is 3.77. The first-order valence-electron chi connectivity index (χ1n) is 9.34. The van der Waals surface area contributed by atoms with Crippen LogP contribution in [0.25, 0.3) is 0 Å². The summed E-state index contributed by atoms with van der Waals surface area (Å²) in [6.07, 6.45) is 0.884. The number of aliphatic hydroxyl groups excluding tert-OH is 1. The number of aryl methyl sites for hydroxylation is 1. The molecule has 1 aromatic carbocycles. The van der Waals surface area contributed by atoms with Crippen LogP contribution in [0.5, 0.6) is 0 Å². The van der Waals surface area contributed by atoms with Crippen LogP contribution in [0.2, 0.25) is 0 Å². The molecule has 0 bridgehead atoms. The fourth-order valence-corrected chi connectivity index (χ4v) is 5.24. The lowest BCUT2D eigenvalue weighted by atomic mass is 10.1. The second-order valence-electron chi connectivity index (χ2n) is 7.07. The molecule has 1 fully saturated rings. The number of benzene rings is 1. The maximum absolute atomic E-state index is 11.8. The quantitative estimate of drug-likeness (QED) is 0.837. The van der Waals surface area contributed by atoms with E-state index >= 15 is 0 Å². The van der Waals surface area contributed by atoms with Crippen LogP contribution in [-0.4, -0.2) is 47.1 Å². The number of hydrogen-bond acceptors (Lipinski definition) is 6. The first kappa shape index (κ1) is 18.3. The third kappa shape index (κ3) is 3.56. The van der Waals surface area contributed by atoms with Crippen molar-refractivity contribution in [2.75, 3.05) is 18.1 Å². The van der Waals surface area contributed by atoms with Crippen molar-refractivity contribution in [3.63, 3.8) is 0 Å². The van der Waals surface area contributed by atoms with Crippen LogP contribution in [0.1, 0.15) is 48.9 Å². The number of sulfone groups is 1. The third-order valence-electron chi connectivity index (χ3n) is 5.29. The Hall–Kier alpha value is -2.03. The predicted molar refractivity (Wildman–Crippen MR) is 104 cm³/mol. The maximum Gasteiger partial charge on any atom is 0.158 e. The molecular formula is C19H24N4O3S. The molecule has 4 rings (SSSR count). The van der Waals surface area contributed by atoms with Gasteiger partial charge in [0, 0.05) is 6.54 Å². The van der Waals surface area contributed by atoms with E-state index in [2.05, 4.69) is 5.32 Å². The smallest absolute Gasteiger partial charge is 0.158 e. The van der Waals surface area contributed by atoms with Gasteiger partial charge in [-0.25, -0.2) is 18.1 Å². The van der Waals surface area contributed by atoms with Gasteiger partial charge in [0.05, 0.1) is 34.5 Å². The van der Waals surface area contributed by atoms with E-state index in [9.17, 15) is 13.5 Å². The fraction of sp³-hybridized carbons (Fsp3) is 0.474. The van der Waals surface area contributed by atoms with Gasteiger partial charge in [0.15, 0.2) is 5.82 Å². The Labute approximate surface area is 159 Å². The van der Waals surface area contributed by atoms with Gasteiger partial charge < -0.3 is 5.11 Å². The highest BCUT2D eigenvalue weighted by Gasteiger charge is 2.32. The molecule has 3 heterocycles. The lowest BCUT2D eigenvalue weighted by molar-refractivity contribution is 0.146. The minimum Gasteiger partial charge on any atom is -0.374 e. The Balaban J connectivity index is 1.80. The van der Waals surface area contributed by atoms with Crippen LogP contribution in [0, 0.1) is 0 Å². The summed E-state index contributed by atoms with van der Waals surface area (Å²) < 4.78 is 25.5. The molecule has 0 radical (unpaired) electrons. The van der Waals surface area contributed by atoms with Gasteiger partial charge in [-0.2, -0.15) is 5.10 Å². The van der Waals surface area contributed by atoms with Crippen molar-refractivity contribution in [3.8, 4) is 0 Å². The zero-order chi connectivity index (χ0) is 19.0. The maximum atomic E-state index is 11.8. The van der Waals surface area contributed by atoms with Gasteiger partial charge in [-0.15, -0.1) is 0 Å². The lowest BCUT2D eigenvalue weighted by Gasteiger charge is -2.23. The second kappa shape index (κ2) is 7.18. The van der Waals surface area contributed by atoms with Crippen LogP contribution in [0.4, 0.5) is 5.82 Å². The summed E-state index contributed by atoms with van der Waals surface area (Å²) in [4.78, 5) is 4.89. The summed E-state index contributed by atoms with van der Waals surface area (Å²) in [5.74, 6) is 0.987. The van der Waals surface area contributed by atoms with Gasteiger partial charge in [-0.1, -0.05) is 37.3 Å². The van der Waals surface area contributed by atoms with Crippen LogP contribution in [0.15, 0.2) is 35.3 Å². The average Bonchev–Trinajstić information content (AvgIpc) is 2.94. The molecule has 2 N–H and O–H groups in total. The summed E-state index contributed by atoms with van der Waals surface area (Å²) in [7, 11) is -2.95. The van der Waals surface area contributed by atoms with Gasteiger partial charge in [-0.3, -0.25) is 5.32 Å². The molecule has 1 saturated heterocycles. The minimum absolute atomic E-state index is 0.0198. The molecule has 0 amide bonds. The highest BCUT2D eigenvalue weighted by Crippen LogP contribution is 2.36. The molecule has 2 aliphatic rings. The second-order valence-corrected chi connectivity index (χ2v) is 9.38. The van der Waals surface area contributed by atoms with Gasteiger partial charge in [0.1, 0.15) is 16.1 Å². The van der Waals surface area contributed by atoms with Gasteiger partial charge in [0.2, 0.25) is 0 Å². The first-order chi connectivity index (χ1) is 13.0. The molecule has 8 heteroatoms. The Kier molecular flexibility index (Phi) is 4.88. The van der Waals surface area contributed by atoms with Gasteiger partial charge in [0.25, 0.3) is 0 Å². The van der Waals surface area contributed by atoms with Crippen LogP contribution < -0.4 is 5.32 Å². The van der Waals surface area contributed by atoms with Crippen molar-refractivity contribution in [1.29, 1.82) is 0 Å². The Morgan fingerprint density at radius 3 is 2.59 bits per heavy atom. The number of nitrogens with one attached hydrogen (secondary N) is 1. The summed E-state index contributed by atoms with van der Waals surface area (Å²) in [6.45, 7) is 2.44. The molecule has 27 heavy (non-hydrogen) atoms. The number of rotatable bonds is 3. The SMILES string of the molecule is CCc1nn(C2CCS(=O)(=O)CC2)c2c1C(O)NCC(c1ccccc1)=N2. The molecule has 0 aliphatic carbocycles. The summed E-state index contributed by atoms with van der Waals surface area (Å²) in [6, 6.07) is 9.84. The summed E-state index contributed by atoms with van der Waals surface area (Å²) >= 11 is 0. The van der Waals surface area contributed by atoms with E-state index in [1.165, 1.54) is 0 Å². The molecule has 1 aromatic heterocycles. The number of aromatic nitrogens is 2. The van der Waals surface area contributed by atoms with Gasteiger partial charge in [-0.05, 0) is 24.8 Å². The minimum atomic E-state index is -2.95. The molecule has 144 valence electrons. The standard InChI is InChI=1S/C19H24N4O3S/c1-2-15-17-18(23(22-15)14-8-10-27(25,26)11-9-14)21-16(12-20-19(17)24)13-6-4-3-5-7-13/h3-7,14,19-20,24H,2,8-12H2,1H3. The van der Waals surface area contributed by atoms with Crippen molar-refractivity contribution in [2.24, 2.45) is 4.99 Å². The zero-order valence-electron chi connectivity index (χ0n) is 15.3. The molecule has 7 nitrogen and oxygen atoms in total. The van der Waals surface area contributed by atoms with E-state index in [1.54, 1.807) is 0 Å². The Morgan fingerprint density at radius 1 is 1.22 bits per heavy atom. The first-order valence-corrected chi connectivity index (χ1v) is 11.2. The molecule has 0 saturated carbocycles. The summed E-state index contributed by atoms with van der Waals surface area (Å²) in [5, 5.41) is 18.5. The van der Waals surface area contributed by atoms with E-state index in [1.807, 2.05) is 41.9 Å². The van der Waals surface area contributed by atoms with Crippen molar-refractivity contribution in [2.45, 2.75) is 38.5 Å². The molecular weight excluding hydrogens is 364 g/mol. The molecule has 1 unspecified atom stereocenters. The number of aliphatic hydroxyl groups is 1. The largest absolute Gasteiger partial charge is 0.374 e. The Bertz CT molecular complexity index is 952. The van der Waals surface area contributed by atoms with Crippen molar-refractivity contribution in [3.05, 3.63) is 47.2 Å². The normalized spacial score (nSPS) is 22.7. The number of hydrogen-bond donors (Lipinski definition) is 2. The monoisotopic (exact) mass is 388 g/mol. The van der Waals surface area contributed by atoms with E-state index in [0.29, 0.717) is 37.2 Å². The summed E-state index contributed by atoms with van der Waals surface area (Å²) in [5.41, 5.74) is 3.33. The van der Waals surface area contributed by atoms with Crippen molar-refractivity contribution >= 4 is 21.4 Å².